The normalized spacial score (nSPS) is 28.4. The minimum absolute atomic E-state index is 0.0534. The highest BCUT2D eigenvalue weighted by Crippen LogP contribution is 2.41. The van der Waals surface area contributed by atoms with Gasteiger partial charge < -0.3 is 15.5 Å². The number of hydrogen-bond donors (Lipinski definition) is 2. The van der Waals surface area contributed by atoms with E-state index in [1.807, 2.05) is 4.90 Å². The minimum atomic E-state index is -0.161. The molecule has 0 aromatic heterocycles. The maximum Gasteiger partial charge on any atom is 0.322 e. The summed E-state index contributed by atoms with van der Waals surface area (Å²) in [6.45, 7) is 3.42. The number of benzene rings is 1. The predicted molar refractivity (Wildman–Crippen MR) is 93.6 cm³/mol. The van der Waals surface area contributed by atoms with Gasteiger partial charge in [0.05, 0.1) is 10.7 Å². The number of nitrogens with zero attached hydrogens (tertiary/aromatic N) is 2. The fourth-order valence-electron chi connectivity index (χ4n) is 4.16. The zero-order valence-corrected chi connectivity index (χ0v) is 14.3. The number of rotatable bonds is 2. The van der Waals surface area contributed by atoms with E-state index in [0.29, 0.717) is 47.5 Å². The van der Waals surface area contributed by atoms with Crippen molar-refractivity contribution in [3.05, 3.63) is 23.2 Å². The van der Waals surface area contributed by atoms with E-state index in [1.165, 1.54) is 0 Å². The van der Waals surface area contributed by atoms with Crippen LogP contribution in [0.2, 0.25) is 5.02 Å². The molecule has 4 amide bonds. The van der Waals surface area contributed by atoms with Crippen molar-refractivity contribution in [2.45, 2.75) is 38.3 Å². The first-order valence-electron chi connectivity index (χ1n) is 8.47. The first kappa shape index (κ1) is 15.6. The van der Waals surface area contributed by atoms with Gasteiger partial charge in [0.25, 0.3) is 0 Å². The van der Waals surface area contributed by atoms with Crippen molar-refractivity contribution in [2.24, 2.45) is 5.92 Å². The van der Waals surface area contributed by atoms with Crippen molar-refractivity contribution in [2.75, 3.05) is 23.3 Å². The van der Waals surface area contributed by atoms with Crippen LogP contribution in [0.15, 0.2) is 18.2 Å². The summed E-state index contributed by atoms with van der Waals surface area (Å²) in [7, 11) is 0. The second-order valence-electron chi connectivity index (χ2n) is 7.01. The molecule has 1 saturated carbocycles. The Morgan fingerprint density at radius 1 is 1.29 bits per heavy atom. The van der Waals surface area contributed by atoms with Gasteiger partial charge in [-0.25, -0.2) is 9.59 Å². The topological polar surface area (TPSA) is 64.7 Å². The first-order chi connectivity index (χ1) is 11.5. The van der Waals surface area contributed by atoms with E-state index in [9.17, 15) is 9.59 Å². The maximum atomic E-state index is 12.6. The van der Waals surface area contributed by atoms with Gasteiger partial charge in [-0.3, -0.25) is 4.90 Å². The Morgan fingerprint density at radius 3 is 2.71 bits per heavy atom. The van der Waals surface area contributed by atoms with Gasteiger partial charge >= 0.3 is 12.1 Å². The smallest absolute Gasteiger partial charge is 0.322 e. The zero-order chi connectivity index (χ0) is 16.8. The Hall–Kier alpha value is -1.95. The first-order valence-corrected chi connectivity index (χ1v) is 8.85. The molecule has 0 spiro atoms. The largest absolute Gasteiger partial charge is 0.336 e. The maximum absolute atomic E-state index is 12.6. The van der Waals surface area contributed by atoms with Gasteiger partial charge in [0.2, 0.25) is 0 Å². The summed E-state index contributed by atoms with van der Waals surface area (Å²) in [6.07, 6.45) is 3.30. The second-order valence-corrected chi connectivity index (χ2v) is 7.41. The Labute approximate surface area is 146 Å². The number of carbonyl (C=O) groups excluding carboxylic acids is 2. The van der Waals surface area contributed by atoms with E-state index in [2.05, 4.69) is 17.6 Å². The molecule has 2 unspecified atom stereocenters. The predicted octanol–water partition coefficient (Wildman–Crippen LogP) is 3.27. The second kappa shape index (κ2) is 5.84. The van der Waals surface area contributed by atoms with E-state index >= 15 is 0 Å². The molecule has 7 heteroatoms. The van der Waals surface area contributed by atoms with Gasteiger partial charge in [0, 0.05) is 30.9 Å². The molecule has 3 aliphatic heterocycles. The van der Waals surface area contributed by atoms with Crippen molar-refractivity contribution in [1.82, 2.24) is 10.2 Å². The van der Waals surface area contributed by atoms with Crippen LogP contribution < -0.4 is 15.5 Å². The SMILES string of the molecule is CC1CC2CC(C1)N2C(=O)Nc1ccc(Cl)c(N2CCNC2=O)c1. The summed E-state index contributed by atoms with van der Waals surface area (Å²) < 4.78 is 0. The lowest BCUT2D eigenvalue weighted by Crippen LogP contribution is -2.63. The highest BCUT2D eigenvalue weighted by atomic mass is 35.5. The third-order valence-electron chi connectivity index (χ3n) is 5.26. The average Bonchev–Trinajstić information content (AvgIpc) is 2.94. The molecule has 4 fully saturated rings. The highest BCUT2D eigenvalue weighted by molar-refractivity contribution is 6.34. The Kier molecular flexibility index (Phi) is 3.79. The van der Waals surface area contributed by atoms with Gasteiger partial charge in [-0.15, -0.1) is 0 Å². The van der Waals surface area contributed by atoms with Crippen molar-refractivity contribution in [1.29, 1.82) is 0 Å². The number of piperidine rings is 1. The van der Waals surface area contributed by atoms with Crippen LogP contribution in [0.5, 0.6) is 0 Å². The molecule has 2 N–H and O–H groups in total. The van der Waals surface area contributed by atoms with Crippen LogP contribution in [0.25, 0.3) is 0 Å². The van der Waals surface area contributed by atoms with Crippen LogP contribution in [0.1, 0.15) is 26.2 Å². The number of hydrogen-bond acceptors (Lipinski definition) is 2. The van der Waals surface area contributed by atoms with Crippen molar-refractivity contribution in [3.8, 4) is 0 Å². The van der Waals surface area contributed by atoms with Crippen LogP contribution in [0.3, 0.4) is 0 Å². The lowest BCUT2D eigenvalue weighted by molar-refractivity contribution is -0.00600. The molecule has 1 aromatic carbocycles. The summed E-state index contributed by atoms with van der Waals surface area (Å²) >= 11 is 6.23. The van der Waals surface area contributed by atoms with E-state index in [-0.39, 0.29) is 12.1 Å². The Bertz CT molecular complexity index is 683. The molecular weight excluding hydrogens is 328 g/mol. The summed E-state index contributed by atoms with van der Waals surface area (Å²) in [5, 5.41) is 6.22. The van der Waals surface area contributed by atoms with Crippen LogP contribution >= 0.6 is 11.6 Å². The Balaban J connectivity index is 1.49. The van der Waals surface area contributed by atoms with E-state index < -0.39 is 0 Å². The summed E-state index contributed by atoms with van der Waals surface area (Å²) in [5.74, 6) is 0.702. The van der Waals surface area contributed by atoms with Gasteiger partial charge in [0.1, 0.15) is 0 Å². The molecule has 24 heavy (non-hydrogen) atoms. The van der Waals surface area contributed by atoms with Gasteiger partial charge in [-0.1, -0.05) is 18.5 Å². The third kappa shape index (κ3) is 2.59. The van der Waals surface area contributed by atoms with Crippen LogP contribution in [-0.4, -0.2) is 42.1 Å². The summed E-state index contributed by atoms with van der Waals surface area (Å²) in [5.41, 5.74) is 1.29. The summed E-state index contributed by atoms with van der Waals surface area (Å²) in [6, 6.07) is 5.79. The highest BCUT2D eigenvalue weighted by Gasteiger charge is 2.46. The molecule has 1 aromatic rings. The number of fused-ring (bicyclic) bond motifs is 2. The Morgan fingerprint density at radius 2 is 2.04 bits per heavy atom. The standard InChI is InChI=1S/C17H21ClN4O2/c1-10-6-12-9-13(7-10)22(12)17(24)20-11-2-3-14(18)15(8-11)21-5-4-19-16(21)23/h2-3,8,10,12-13H,4-7,9H2,1H3,(H,19,23)(H,20,24). The van der Waals surface area contributed by atoms with Crippen molar-refractivity contribution >= 4 is 35.0 Å². The van der Waals surface area contributed by atoms with E-state index in [4.69, 9.17) is 11.6 Å². The third-order valence-corrected chi connectivity index (χ3v) is 5.58. The van der Waals surface area contributed by atoms with Gasteiger partial charge in [-0.2, -0.15) is 0 Å². The average molecular weight is 349 g/mol. The fraction of sp³-hybridized carbons (Fsp3) is 0.529. The molecule has 5 rings (SSSR count). The number of carbonyl (C=O) groups is 2. The molecule has 1 aliphatic carbocycles. The van der Waals surface area contributed by atoms with Crippen LogP contribution in [-0.2, 0) is 0 Å². The van der Waals surface area contributed by atoms with E-state index in [1.54, 1.807) is 23.1 Å². The molecule has 4 aliphatic rings. The van der Waals surface area contributed by atoms with E-state index in [0.717, 1.165) is 19.3 Å². The number of anilines is 2. The van der Waals surface area contributed by atoms with Crippen LogP contribution in [0.4, 0.5) is 21.0 Å². The lowest BCUT2D eigenvalue weighted by atomic mass is 9.74. The lowest BCUT2D eigenvalue weighted by Gasteiger charge is -2.54. The molecule has 0 radical (unpaired) electrons. The molecule has 3 heterocycles. The molecule has 128 valence electrons. The van der Waals surface area contributed by atoms with Crippen LogP contribution in [0, 0.1) is 5.92 Å². The molecular formula is C17H21ClN4O2. The molecule has 2 bridgehead atoms. The number of nitrogens with one attached hydrogen (secondary N) is 2. The number of amides is 4. The van der Waals surface area contributed by atoms with Gasteiger partial charge in [-0.05, 0) is 43.4 Å². The van der Waals surface area contributed by atoms with Crippen molar-refractivity contribution < 1.29 is 9.59 Å². The minimum Gasteiger partial charge on any atom is -0.336 e. The molecule has 6 nitrogen and oxygen atoms in total. The molecule has 2 atom stereocenters. The number of urea groups is 2. The molecule has 3 saturated heterocycles. The summed E-state index contributed by atoms with van der Waals surface area (Å²) in [4.78, 5) is 28.0. The monoisotopic (exact) mass is 348 g/mol. The number of halogens is 1. The van der Waals surface area contributed by atoms with Crippen molar-refractivity contribution in [3.63, 3.8) is 0 Å². The van der Waals surface area contributed by atoms with Gasteiger partial charge in [0.15, 0.2) is 0 Å². The fourth-order valence-corrected chi connectivity index (χ4v) is 4.38. The quantitative estimate of drug-likeness (QED) is 0.861. The zero-order valence-electron chi connectivity index (χ0n) is 13.6.